The van der Waals surface area contributed by atoms with Crippen molar-refractivity contribution in [3.63, 3.8) is 0 Å². The summed E-state index contributed by atoms with van der Waals surface area (Å²) in [7, 11) is 0. The van der Waals surface area contributed by atoms with Crippen LogP contribution in [0.25, 0.3) is 0 Å². The van der Waals surface area contributed by atoms with Gasteiger partial charge in [0.15, 0.2) is 0 Å². The van der Waals surface area contributed by atoms with Gasteiger partial charge in [0, 0.05) is 5.69 Å². The Morgan fingerprint density at radius 3 is 2.60 bits per heavy atom. The van der Waals surface area contributed by atoms with E-state index in [1.165, 1.54) is 12.1 Å². The zero-order chi connectivity index (χ0) is 15.3. The van der Waals surface area contributed by atoms with Crippen molar-refractivity contribution in [2.24, 2.45) is 11.7 Å². The minimum atomic E-state index is -0.654. The lowest BCUT2D eigenvalue weighted by atomic mass is 10.1. The molecule has 0 spiro atoms. The van der Waals surface area contributed by atoms with Gasteiger partial charge < -0.3 is 16.4 Å². The molecule has 0 aliphatic carbocycles. The second-order valence-electron chi connectivity index (χ2n) is 5.00. The Hall–Kier alpha value is -1.95. The molecule has 1 aromatic rings. The topological polar surface area (TPSA) is 84.2 Å². The molecule has 20 heavy (non-hydrogen) atoms. The highest BCUT2D eigenvalue weighted by molar-refractivity contribution is 5.95. The van der Waals surface area contributed by atoms with Gasteiger partial charge in [-0.05, 0) is 30.5 Å². The van der Waals surface area contributed by atoms with Crippen LogP contribution in [0.2, 0.25) is 0 Å². The molecule has 0 radical (unpaired) electrons. The molecule has 1 aromatic carbocycles. The van der Waals surface area contributed by atoms with E-state index in [1.807, 2.05) is 13.8 Å². The van der Waals surface area contributed by atoms with Crippen LogP contribution in [0.1, 0.15) is 19.4 Å². The number of hydrogen-bond donors (Lipinski definition) is 3. The Morgan fingerprint density at radius 1 is 1.35 bits per heavy atom. The van der Waals surface area contributed by atoms with E-state index in [1.54, 1.807) is 13.0 Å². The van der Waals surface area contributed by atoms with Crippen molar-refractivity contribution in [1.82, 2.24) is 5.32 Å². The molecular formula is C14H20FN3O2. The zero-order valence-electron chi connectivity index (χ0n) is 11.9. The van der Waals surface area contributed by atoms with E-state index in [2.05, 4.69) is 10.6 Å². The molecule has 1 atom stereocenters. The Balaban J connectivity index is 2.52. The summed E-state index contributed by atoms with van der Waals surface area (Å²) >= 11 is 0. The average Bonchev–Trinajstić information content (AvgIpc) is 2.39. The molecule has 110 valence electrons. The standard InChI is InChI=1S/C14H20FN3O2/c1-8(2)13(16)14(20)17-7-12(19)18-11-6-10(15)5-4-9(11)3/h4-6,8,13H,7,16H2,1-3H3,(H,17,20)(H,18,19)/t13-/m0/s1. The summed E-state index contributed by atoms with van der Waals surface area (Å²) in [6.45, 7) is 5.19. The van der Waals surface area contributed by atoms with E-state index in [0.29, 0.717) is 5.69 Å². The molecule has 0 aromatic heterocycles. The van der Waals surface area contributed by atoms with Crippen LogP contribution in [0.15, 0.2) is 18.2 Å². The predicted molar refractivity (Wildman–Crippen MR) is 75.6 cm³/mol. The highest BCUT2D eigenvalue weighted by Gasteiger charge is 2.17. The molecule has 4 N–H and O–H groups in total. The van der Waals surface area contributed by atoms with Gasteiger partial charge in [-0.3, -0.25) is 9.59 Å². The Labute approximate surface area is 117 Å². The number of carbonyl (C=O) groups excluding carboxylic acids is 2. The first-order chi connectivity index (χ1) is 9.31. The second kappa shape index (κ2) is 7.00. The third-order valence-electron chi connectivity index (χ3n) is 2.92. The number of amides is 2. The van der Waals surface area contributed by atoms with Crippen molar-refractivity contribution in [2.45, 2.75) is 26.8 Å². The minimum Gasteiger partial charge on any atom is -0.346 e. The first kappa shape index (κ1) is 16.1. The van der Waals surface area contributed by atoms with Crippen LogP contribution in [-0.2, 0) is 9.59 Å². The number of nitrogens with one attached hydrogen (secondary N) is 2. The molecule has 0 aliphatic heterocycles. The van der Waals surface area contributed by atoms with Gasteiger partial charge in [0.1, 0.15) is 5.82 Å². The third kappa shape index (κ3) is 4.62. The second-order valence-corrected chi connectivity index (χ2v) is 5.00. The van der Waals surface area contributed by atoms with Gasteiger partial charge in [-0.15, -0.1) is 0 Å². The monoisotopic (exact) mass is 281 g/mol. The summed E-state index contributed by atoms with van der Waals surface area (Å²) in [6.07, 6.45) is 0. The molecule has 0 unspecified atom stereocenters. The van der Waals surface area contributed by atoms with E-state index >= 15 is 0 Å². The lowest BCUT2D eigenvalue weighted by Crippen LogP contribution is -2.46. The maximum atomic E-state index is 13.1. The van der Waals surface area contributed by atoms with Gasteiger partial charge in [0.25, 0.3) is 0 Å². The van der Waals surface area contributed by atoms with Gasteiger partial charge in [0.05, 0.1) is 12.6 Å². The third-order valence-corrected chi connectivity index (χ3v) is 2.92. The van der Waals surface area contributed by atoms with Gasteiger partial charge in [-0.25, -0.2) is 4.39 Å². The summed E-state index contributed by atoms with van der Waals surface area (Å²) < 4.78 is 13.1. The van der Waals surface area contributed by atoms with Crippen LogP contribution in [0.4, 0.5) is 10.1 Å². The van der Waals surface area contributed by atoms with Gasteiger partial charge in [-0.1, -0.05) is 19.9 Å². The lowest BCUT2D eigenvalue weighted by molar-refractivity contribution is -0.125. The van der Waals surface area contributed by atoms with Crippen molar-refractivity contribution in [1.29, 1.82) is 0 Å². The van der Waals surface area contributed by atoms with Gasteiger partial charge >= 0.3 is 0 Å². The number of nitrogens with two attached hydrogens (primary N) is 1. The number of halogens is 1. The number of rotatable bonds is 5. The Morgan fingerprint density at radius 2 is 2.00 bits per heavy atom. The molecule has 6 heteroatoms. The van der Waals surface area contributed by atoms with Crippen molar-refractivity contribution in [3.05, 3.63) is 29.6 Å². The van der Waals surface area contributed by atoms with Crippen LogP contribution in [-0.4, -0.2) is 24.4 Å². The van der Waals surface area contributed by atoms with Crippen LogP contribution < -0.4 is 16.4 Å². The van der Waals surface area contributed by atoms with Crippen LogP contribution in [0.5, 0.6) is 0 Å². The Bertz CT molecular complexity index is 503. The van der Waals surface area contributed by atoms with Gasteiger partial charge in [0.2, 0.25) is 11.8 Å². The van der Waals surface area contributed by atoms with E-state index in [4.69, 9.17) is 5.73 Å². The fourth-order valence-corrected chi connectivity index (χ4v) is 1.51. The quantitative estimate of drug-likeness (QED) is 0.757. The summed E-state index contributed by atoms with van der Waals surface area (Å²) in [4.78, 5) is 23.3. The molecule has 0 aliphatic rings. The molecule has 1 rings (SSSR count). The SMILES string of the molecule is Cc1ccc(F)cc1NC(=O)CNC(=O)[C@@H](N)C(C)C. The fraction of sp³-hybridized carbons (Fsp3) is 0.429. The number of aryl methyl sites for hydroxylation is 1. The first-order valence-corrected chi connectivity index (χ1v) is 6.40. The average molecular weight is 281 g/mol. The normalized spacial score (nSPS) is 12.1. The molecule has 0 saturated carbocycles. The summed E-state index contributed by atoms with van der Waals surface area (Å²) in [5.74, 6) is -1.26. The number of carbonyl (C=O) groups is 2. The maximum Gasteiger partial charge on any atom is 0.243 e. The minimum absolute atomic E-state index is 0.0106. The van der Waals surface area contributed by atoms with Crippen molar-refractivity contribution in [2.75, 3.05) is 11.9 Å². The van der Waals surface area contributed by atoms with Crippen LogP contribution >= 0.6 is 0 Å². The number of hydrogen-bond acceptors (Lipinski definition) is 3. The molecule has 0 bridgehead atoms. The molecule has 2 amide bonds. The van der Waals surface area contributed by atoms with Crippen molar-refractivity contribution in [3.8, 4) is 0 Å². The summed E-state index contributed by atoms with van der Waals surface area (Å²) in [5.41, 5.74) is 6.78. The maximum absolute atomic E-state index is 13.1. The summed E-state index contributed by atoms with van der Waals surface area (Å²) in [6, 6.07) is 3.46. The van der Waals surface area contributed by atoms with Crippen LogP contribution in [0, 0.1) is 18.7 Å². The highest BCUT2D eigenvalue weighted by atomic mass is 19.1. The fourth-order valence-electron chi connectivity index (χ4n) is 1.51. The number of anilines is 1. The molecule has 0 saturated heterocycles. The van der Waals surface area contributed by atoms with Crippen molar-refractivity contribution < 1.29 is 14.0 Å². The highest BCUT2D eigenvalue weighted by Crippen LogP contribution is 2.15. The predicted octanol–water partition coefficient (Wildman–Crippen LogP) is 1.17. The Kier molecular flexibility index (Phi) is 5.64. The lowest BCUT2D eigenvalue weighted by Gasteiger charge is -2.15. The van der Waals surface area contributed by atoms with E-state index in [0.717, 1.165) is 5.56 Å². The largest absolute Gasteiger partial charge is 0.346 e. The molecule has 5 nitrogen and oxygen atoms in total. The molecular weight excluding hydrogens is 261 g/mol. The van der Waals surface area contributed by atoms with Crippen molar-refractivity contribution >= 4 is 17.5 Å². The smallest absolute Gasteiger partial charge is 0.243 e. The van der Waals surface area contributed by atoms with E-state index < -0.39 is 17.8 Å². The molecule has 0 heterocycles. The van der Waals surface area contributed by atoms with Crippen LogP contribution in [0.3, 0.4) is 0 Å². The summed E-state index contributed by atoms with van der Waals surface area (Å²) in [5, 5.41) is 4.99. The zero-order valence-corrected chi connectivity index (χ0v) is 11.9. The van der Waals surface area contributed by atoms with E-state index in [9.17, 15) is 14.0 Å². The molecule has 0 fully saturated rings. The first-order valence-electron chi connectivity index (χ1n) is 6.40. The van der Waals surface area contributed by atoms with E-state index in [-0.39, 0.29) is 18.4 Å². The van der Waals surface area contributed by atoms with Gasteiger partial charge in [-0.2, -0.15) is 0 Å². The number of benzene rings is 1.